The minimum atomic E-state index is -0.595. The number of halogens is 1. The quantitative estimate of drug-likeness (QED) is 0.417. The van der Waals surface area contributed by atoms with E-state index in [-0.39, 0.29) is 36.7 Å². The van der Waals surface area contributed by atoms with Crippen molar-refractivity contribution in [2.24, 2.45) is 0 Å². The molecule has 5 rings (SSSR count). The molecule has 0 radical (unpaired) electrons. The molecule has 0 saturated carbocycles. The lowest BCUT2D eigenvalue weighted by atomic mass is 10.00. The Balaban J connectivity index is 1.36. The van der Waals surface area contributed by atoms with E-state index in [0.29, 0.717) is 19.8 Å². The highest BCUT2D eigenvalue weighted by atomic mass is 32.1. The van der Waals surface area contributed by atoms with E-state index in [1.165, 1.54) is 21.9 Å². The van der Waals surface area contributed by atoms with Gasteiger partial charge >= 0.3 is 0 Å². The highest BCUT2D eigenvalue weighted by Crippen LogP contribution is 2.34. The SMILES string of the molecule is Cc1ccc(OC[C@H]2c3ccsc3CCN2C(=O)CN(C[C@H]2CCCO2)C(=O)c2ccccc2F)cc1. The first kappa shape index (κ1) is 25.4. The molecule has 2 amide bonds. The van der Waals surface area contributed by atoms with E-state index in [0.717, 1.165) is 36.1 Å². The maximum absolute atomic E-state index is 14.5. The van der Waals surface area contributed by atoms with Crippen molar-refractivity contribution in [2.45, 2.75) is 38.3 Å². The number of rotatable bonds is 8. The number of aryl methyl sites for hydroxylation is 1. The smallest absolute Gasteiger partial charge is 0.257 e. The average Bonchev–Trinajstić information content (AvgIpc) is 3.60. The van der Waals surface area contributed by atoms with Gasteiger partial charge in [0.1, 0.15) is 24.7 Å². The van der Waals surface area contributed by atoms with Crippen LogP contribution in [0.2, 0.25) is 0 Å². The van der Waals surface area contributed by atoms with E-state index in [1.807, 2.05) is 36.6 Å². The van der Waals surface area contributed by atoms with Crippen molar-refractivity contribution in [3.63, 3.8) is 0 Å². The van der Waals surface area contributed by atoms with Crippen LogP contribution in [-0.4, -0.2) is 60.6 Å². The van der Waals surface area contributed by atoms with Gasteiger partial charge in [0, 0.05) is 24.6 Å². The maximum atomic E-state index is 14.5. The Labute approximate surface area is 220 Å². The molecule has 1 fully saturated rings. The maximum Gasteiger partial charge on any atom is 0.257 e. The first-order valence-corrected chi connectivity index (χ1v) is 13.6. The van der Waals surface area contributed by atoms with Crippen molar-refractivity contribution in [3.8, 4) is 5.75 Å². The monoisotopic (exact) mass is 522 g/mol. The van der Waals surface area contributed by atoms with E-state index in [9.17, 15) is 14.0 Å². The van der Waals surface area contributed by atoms with Crippen molar-refractivity contribution in [2.75, 3.05) is 32.8 Å². The number of hydrogen-bond acceptors (Lipinski definition) is 5. The van der Waals surface area contributed by atoms with Crippen LogP contribution < -0.4 is 4.74 Å². The highest BCUT2D eigenvalue weighted by molar-refractivity contribution is 7.10. The predicted octanol–water partition coefficient (Wildman–Crippen LogP) is 5.02. The minimum absolute atomic E-state index is 0.0358. The van der Waals surface area contributed by atoms with Crippen LogP contribution in [0.5, 0.6) is 5.75 Å². The molecule has 3 aromatic rings. The Morgan fingerprint density at radius 1 is 1.16 bits per heavy atom. The van der Waals surface area contributed by atoms with Gasteiger partial charge in [0.05, 0.1) is 17.7 Å². The molecule has 2 aliphatic heterocycles. The molecule has 8 heteroatoms. The summed E-state index contributed by atoms with van der Waals surface area (Å²) in [6, 6.07) is 15.5. The van der Waals surface area contributed by atoms with Gasteiger partial charge in [-0.3, -0.25) is 9.59 Å². The standard InChI is InChI=1S/C29H31FN2O4S/c1-20-8-10-21(11-9-20)36-19-26-24-13-16-37-27(24)12-14-32(26)28(33)18-31(17-22-5-4-15-35-22)29(34)23-6-2-3-7-25(23)30/h2-3,6-11,13,16,22,26H,4-5,12,14-15,17-19H2,1H3/t22-,26+/m1/s1. The number of ether oxygens (including phenoxy) is 2. The Hall–Kier alpha value is -3.23. The fraction of sp³-hybridized carbons (Fsp3) is 0.379. The lowest BCUT2D eigenvalue weighted by Gasteiger charge is -2.37. The van der Waals surface area contributed by atoms with Gasteiger partial charge in [0.2, 0.25) is 5.91 Å². The summed E-state index contributed by atoms with van der Waals surface area (Å²) in [7, 11) is 0. The number of fused-ring (bicyclic) bond motifs is 1. The van der Waals surface area contributed by atoms with Crippen LogP contribution in [0.1, 0.15) is 45.2 Å². The van der Waals surface area contributed by atoms with E-state index in [2.05, 4.69) is 6.07 Å². The Morgan fingerprint density at radius 3 is 2.73 bits per heavy atom. The van der Waals surface area contributed by atoms with Gasteiger partial charge in [-0.2, -0.15) is 0 Å². The van der Waals surface area contributed by atoms with Crippen molar-refractivity contribution in [1.29, 1.82) is 0 Å². The van der Waals surface area contributed by atoms with Crippen molar-refractivity contribution < 1.29 is 23.5 Å². The number of carbonyl (C=O) groups excluding carboxylic acids is 2. The molecule has 1 saturated heterocycles. The van der Waals surface area contributed by atoms with Crippen LogP contribution in [0.25, 0.3) is 0 Å². The zero-order chi connectivity index (χ0) is 25.8. The summed E-state index contributed by atoms with van der Waals surface area (Å²) in [6.07, 6.45) is 2.32. The zero-order valence-electron chi connectivity index (χ0n) is 20.9. The summed E-state index contributed by atoms with van der Waals surface area (Å²) < 4.78 is 26.4. The number of amides is 2. The van der Waals surface area contributed by atoms with Gasteiger partial charge in [-0.25, -0.2) is 4.39 Å². The minimum Gasteiger partial charge on any atom is -0.491 e. The fourth-order valence-electron chi connectivity index (χ4n) is 5.00. The van der Waals surface area contributed by atoms with Crippen LogP contribution >= 0.6 is 11.3 Å². The number of hydrogen-bond donors (Lipinski definition) is 0. The summed E-state index contributed by atoms with van der Waals surface area (Å²) in [6.45, 7) is 3.61. The molecule has 1 aromatic heterocycles. The molecule has 6 nitrogen and oxygen atoms in total. The lowest BCUT2D eigenvalue weighted by molar-refractivity contribution is -0.135. The zero-order valence-corrected chi connectivity index (χ0v) is 21.7. The molecule has 0 bridgehead atoms. The van der Waals surface area contributed by atoms with Crippen LogP contribution in [0.15, 0.2) is 60.0 Å². The molecular formula is C29H31FN2O4S. The lowest BCUT2D eigenvalue weighted by Crippen LogP contribution is -2.49. The molecule has 0 aliphatic carbocycles. The summed E-state index contributed by atoms with van der Waals surface area (Å²) in [5.41, 5.74) is 2.20. The molecule has 2 aromatic carbocycles. The fourth-order valence-corrected chi connectivity index (χ4v) is 5.92. The molecule has 2 atom stereocenters. The van der Waals surface area contributed by atoms with Gasteiger partial charge in [-0.05, 0) is 67.5 Å². The van der Waals surface area contributed by atoms with Gasteiger partial charge < -0.3 is 19.3 Å². The van der Waals surface area contributed by atoms with Gasteiger partial charge in [-0.15, -0.1) is 11.3 Å². The summed E-state index contributed by atoms with van der Waals surface area (Å²) in [5.74, 6) is -0.530. The van der Waals surface area contributed by atoms with Crippen molar-refractivity contribution >= 4 is 23.2 Å². The van der Waals surface area contributed by atoms with E-state index in [4.69, 9.17) is 9.47 Å². The normalized spacial score (nSPS) is 18.9. The summed E-state index contributed by atoms with van der Waals surface area (Å²) >= 11 is 1.69. The largest absolute Gasteiger partial charge is 0.491 e. The second-order valence-corrected chi connectivity index (χ2v) is 10.6. The van der Waals surface area contributed by atoms with Crippen LogP contribution in [0.4, 0.5) is 4.39 Å². The first-order valence-electron chi connectivity index (χ1n) is 12.7. The molecule has 2 aliphatic rings. The third kappa shape index (κ3) is 5.86. The second-order valence-electron chi connectivity index (χ2n) is 9.58. The molecule has 3 heterocycles. The van der Waals surface area contributed by atoms with Crippen molar-refractivity contribution in [1.82, 2.24) is 9.80 Å². The second kappa shape index (κ2) is 11.4. The Morgan fingerprint density at radius 2 is 1.97 bits per heavy atom. The third-order valence-electron chi connectivity index (χ3n) is 7.01. The van der Waals surface area contributed by atoms with Crippen LogP contribution in [0.3, 0.4) is 0 Å². The molecule has 194 valence electrons. The topological polar surface area (TPSA) is 59.1 Å². The first-order chi connectivity index (χ1) is 18.0. The van der Waals surface area contributed by atoms with E-state index < -0.39 is 11.7 Å². The molecule has 0 N–H and O–H groups in total. The van der Waals surface area contributed by atoms with Crippen LogP contribution in [0, 0.1) is 12.7 Å². The number of carbonyl (C=O) groups is 2. The molecule has 0 spiro atoms. The highest BCUT2D eigenvalue weighted by Gasteiger charge is 2.35. The molecular weight excluding hydrogens is 491 g/mol. The predicted molar refractivity (Wildman–Crippen MR) is 140 cm³/mol. The number of nitrogens with zero attached hydrogens (tertiary/aromatic N) is 2. The van der Waals surface area contributed by atoms with Gasteiger partial charge in [0.15, 0.2) is 0 Å². The molecule has 0 unspecified atom stereocenters. The Bertz CT molecular complexity index is 1240. The number of benzene rings is 2. The van der Waals surface area contributed by atoms with E-state index >= 15 is 0 Å². The molecule has 37 heavy (non-hydrogen) atoms. The average molecular weight is 523 g/mol. The summed E-state index contributed by atoms with van der Waals surface area (Å²) in [5, 5.41) is 2.04. The summed E-state index contributed by atoms with van der Waals surface area (Å²) in [4.78, 5) is 31.6. The van der Waals surface area contributed by atoms with Crippen LogP contribution in [-0.2, 0) is 16.0 Å². The number of thiophene rings is 1. The van der Waals surface area contributed by atoms with E-state index in [1.54, 1.807) is 28.4 Å². The third-order valence-corrected chi connectivity index (χ3v) is 8.01. The van der Waals surface area contributed by atoms with Gasteiger partial charge in [0.25, 0.3) is 5.91 Å². The van der Waals surface area contributed by atoms with Gasteiger partial charge in [-0.1, -0.05) is 29.8 Å². The Kier molecular flexibility index (Phi) is 7.86. The van der Waals surface area contributed by atoms with Crippen molar-refractivity contribution in [3.05, 3.63) is 87.4 Å².